The number of hydrogen-bond donors (Lipinski definition) is 0. The minimum absolute atomic E-state index is 0. The summed E-state index contributed by atoms with van der Waals surface area (Å²) in [4.78, 5) is 0. The molecule has 0 spiro atoms. The van der Waals surface area contributed by atoms with Crippen LogP contribution in [0.5, 0.6) is 0 Å². The maximum Gasteiger partial charge on any atom is 2.00 e. The molecule has 0 saturated heterocycles. The molecular weight excluding hydrogens is 260 g/mol. The van der Waals surface area contributed by atoms with E-state index in [1.165, 1.54) is 19.3 Å². The van der Waals surface area contributed by atoms with Crippen LogP contribution in [0.1, 0.15) is 53.4 Å². The molecule has 0 aromatic carbocycles. The molecule has 0 N–H and O–H groups in total. The van der Waals surface area contributed by atoms with Gasteiger partial charge in [0.25, 0.3) is 0 Å². The molecule has 0 aromatic rings. The summed E-state index contributed by atoms with van der Waals surface area (Å²) in [5.74, 6) is 1.63. The number of hydrogen-bond acceptors (Lipinski definition) is 2. The van der Waals surface area contributed by atoms with Crippen molar-refractivity contribution in [2.45, 2.75) is 53.4 Å². The number of rotatable bonds is 11. The summed E-state index contributed by atoms with van der Waals surface area (Å²) in [5.41, 5.74) is 0. The molecule has 0 aliphatic rings. The molecule has 0 saturated carbocycles. The van der Waals surface area contributed by atoms with Crippen LogP contribution in [0, 0.1) is 18.3 Å². The van der Waals surface area contributed by atoms with E-state index in [2.05, 4.69) is 27.2 Å². The van der Waals surface area contributed by atoms with Crippen LogP contribution >= 0.6 is 0 Å². The first-order chi connectivity index (χ1) is 7.70. The van der Waals surface area contributed by atoms with Crippen molar-refractivity contribution < 1.29 is 21.9 Å². The fourth-order valence-electron chi connectivity index (χ4n) is 2.04. The van der Waals surface area contributed by atoms with E-state index in [1.807, 2.05) is 6.92 Å². The zero-order valence-corrected chi connectivity index (χ0v) is 14.8. The molecule has 2 unspecified atom stereocenters. The van der Waals surface area contributed by atoms with Gasteiger partial charge in [-0.3, -0.25) is 0 Å². The summed E-state index contributed by atoms with van der Waals surface area (Å²) in [6.45, 7) is 10.8. The first-order valence-electron chi connectivity index (χ1n) is 6.64. The van der Waals surface area contributed by atoms with Gasteiger partial charge in [-0.2, -0.15) is 13.3 Å². The Morgan fingerprint density at radius 3 is 2.33 bits per heavy atom. The maximum absolute atomic E-state index is 5.35. The van der Waals surface area contributed by atoms with E-state index in [-0.39, 0.29) is 35.5 Å². The Bertz CT molecular complexity index is 148. The van der Waals surface area contributed by atoms with Crippen molar-refractivity contribution in [1.29, 1.82) is 0 Å². The average molecular weight is 289 g/mol. The molecule has 0 heterocycles. The summed E-state index contributed by atoms with van der Waals surface area (Å²) < 4.78 is 10.5. The van der Waals surface area contributed by atoms with Gasteiger partial charge in [0.2, 0.25) is 0 Å². The average Bonchev–Trinajstić information content (AvgIpc) is 2.23. The van der Waals surface area contributed by atoms with E-state index in [4.69, 9.17) is 9.47 Å². The zero-order chi connectivity index (χ0) is 12.2. The molecule has 18 heavy (non-hydrogen) atoms. The van der Waals surface area contributed by atoms with Gasteiger partial charge in [0.05, 0.1) is 0 Å². The summed E-state index contributed by atoms with van der Waals surface area (Å²) in [5, 5.41) is 0. The van der Waals surface area contributed by atoms with Gasteiger partial charge in [0.1, 0.15) is 6.79 Å². The van der Waals surface area contributed by atoms with Crippen molar-refractivity contribution in [3.05, 3.63) is 6.42 Å². The van der Waals surface area contributed by atoms with E-state index in [9.17, 15) is 0 Å². The Hall–Kier alpha value is 0.976. The Labute approximate surface area is 136 Å². The van der Waals surface area contributed by atoms with Crippen LogP contribution in [0.2, 0.25) is 0 Å². The largest absolute Gasteiger partial charge is 2.00 e. The second-order valence-corrected chi connectivity index (χ2v) is 4.75. The van der Waals surface area contributed by atoms with Crippen LogP contribution in [-0.2, 0) is 9.47 Å². The normalized spacial score (nSPS) is 13.3. The van der Waals surface area contributed by atoms with Crippen molar-refractivity contribution in [1.82, 2.24) is 0 Å². The molecule has 106 valence electrons. The molecule has 0 aliphatic heterocycles. The van der Waals surface area contributed by atoms with E-state index < -0.39 is 0 Å². The number of ether oxygens (including phenoxy) is 2. The Morgan fingerprint density at radius 1 is 1.11 bits per heavy atom. The molecule has 0 radical (unpaired) electrons. The summed E-state index contributed by atoms with van der Waals surface area (Å²) in [7, 11) is 0. The molecule has 0 bridgehead atoms. The smallest absolute Gasteiger partial charge is 1.00 e. The third kappa shape index (κ3) is 17.0. The molecule has 0 aromatic heterocycles. The van der Waals surface area contributed by atoms with Gasteiger partial charge in [-0.15, -0.1) is 0 Å². The topological polar surface area (TPSA) is 18.5 Å². The molecule has 2 nitrogen and oxygen atoms in total. The minimum Gasteiger partial charge on any atom is -1.00 e. The van der Waals surface area contributed by atoms with Gasteiger partial charge >= 0.3 is 23.1 Å². The van der Waals surface area contributed by atoms with Crippen LogP contribution in [0.25, 0.3) is 0 Å². The fraction of sp³-hybridized carbons (Fsp3) is 0.929. The van der Waals surface area contributed by atoms with Crippen molar-refractivity contribution in [3.63, 3.8) is 0 Å². The summed E-state index contributed by atoms with van der Waals surface area (Å²) in [6.07, 6.45) is 7.25. The number of halogens is 1. The van der Waals surface area contributed by atoms with E-state index in [0.717, 1.165) is 31.5 Å². The van der Waals surface area contributed by atoms with Gasteiger partial charge in [-0.05, 0) is 25.7 Å². The van der Waals surface area contributed by atoms with Crippen molar-refractivity contribution >= 4 is 23.1 Å². The molecule has 0 rings (SSSR count). The summed E-state index contributed by atoms with van der Waals surface area (Å²) >= 11 is 0. The second kappa shape index (κ2) is 18.0. The van der Waals surface area contributed by atoms with Crippen LogP contribution < -0.4 is 12.4 Å². The van der Waals surface area contributed by atoms with Crippen molar-refractivity contribution in [2.24, 2.45) is 11.8 Å². The van der Waals surface area contributed by atoms with Gasteiger partial charge in [-0.25, -0.2) is 0 Å². The molecule has 0 fully saturated rings. The molecular formula is C14H29ClMgO2. The van der Waals surface area contributed by atoms with Gasteiger partial charge < -0.3 is 28.3 Å². The predicted molar refractivity (Wildman–Crippen MR) is 75.0 cm³/mol. The second-order valence-electron chi connectivity index (χ2n) is 4.75. The fourth-order valence-corrected chi connectivity index (χ4v) is 2.04. The van der Waals surface area contributed by atoms with Crippen molar-refractivity contribution in [2.75, 3.05) is 20.0 Å². The third-order valence-corrected chi connectivity index (χ3v) is 2.80. The van der Waals surface area contributed by atoms with E-state index in [1.54, 1.807) is 0 Å². The quantitative estimate of drug-likeness (QED) is 0.241. The van der Waals surface area contributed by atoms with E-state index >= 15 is 0 Å². The molecule has 4 heteroatoms. The van der Waals surface area contributed by atoms with Crippen molar-refractivity contribution in [3.8, 4) is 0 Å². The Balaban J connectivity index is -0.00000112. The molecule has 0 amide bonds. The van der Waals surface area contributed by atoms with Crippen LogP contribution in [-0.4, -0.2) is 43.1 Å². The third-order valence-electron chi connectivity index (χ3n) is 2.80. The first-order valence-corrected chi connectivity index (χ1v) is 6.64. The zero-order valence-electron chi connectivity index (χ0n) is 12.6. The van der Waals surface area contributed by atoms with Crippen LogP contribution in [0.15, 0.2) is 0 Å². The predicted octanol–water partition coefficient (Wildman–Crippen LogP) is 0.677. The Morgan fingerprint density at radius 2 is 1.78 bits per heavy atom. The Kier molecular flexibility index (Phi) is 24.0. The minimum atomic E-state index is 0. The van der Waals surface area contributed by atoms with Gasteiger partial charge in [0, 0.05) is 13.2 Å². The standard InChI is InChI=1S/C14H29O2.ClH.Mg/c1-5-8-13(3)11-14(4)9-7-10-16-12-15-6-2;;/h5,13-14H,6-12H2,1-4H3;1H;/q-1;;+2/p-1. The maximum atomic E-state index is 5.35. The SMILES string of the molecule is C[CH-]CC(C)CC(C)CCCOCOCC.[Cl-].[Mg+2]. The summed E-state index contributed by atoms with van der Waals surface area (Å²) in [6, 6.07) is 0. The van der Waals surface area contributed by atoms with E-state index in [0.29, 0.717) is 6.79 Å². The molecule has 2 atom stereocenters. The van der Waals surface area contributed by atoms with Crippen LogP contribution in [0.4, 0.5) is 0 Å². The first kappa shape index (κ1) is 24.0. The van der Waals surface area contributed by atoms with Gasteiger partial charge in [-0.1, -0.05) is 26.2 Å². The van der Waals surface area contributed by atoms with Crippen LogP contribution in [0.3, 0.4) is 0 Å². The monoisotopic (exact) mass is 288 g/mol. The van der Waals surface area contributed by atoms with Gasteiger partial charge in [0.15, 0.2) is 0 Å². The molecule has 0 aliphatic carbocycles.